The van der Waals surface area contributed by atoms with Gasteiger partial charge in [0.15, 0.2) is 27.9 Å². The summed E-state index contributed by atoms with van der Waals surface area (Å²) in [6.07, 6.45) is 1.13. The van der Waals surface area contributed by atoms with Crippen LogP contribution in [0.1, 0.15) is 46.1 Å². The van der Waals surface area contributed by atoms with E-state index in [1.165, 1.54) is 18.9 Å². The highest BCUT2D eigenvalue weighted by Crippen LogP contribution is 2.46. The van der Waals surface area contributed by atoms with E-state index in [0.717, 1.165) is 12.2 Å². The molecule has 2 aromatic heterocycles. The van der Waals surface area contributed by atoms with Crippen molar-refractivity contribution in [2.45, 2.75) is 75.3 Å². The van der Waals surface area contributed by atoms with E-state index in [-0.39, 0.29) is 31.0 Å². The van der Waals surface area contributed by atoms with Crippen molar-refractivity contribution in [3.63, 3.8) is 0 Å². The minimum Gasteiger partial charge on any atom is -0.467 e. The van der Waals surface area contributed by atoms with Crippen molar-refractivity contribution in [2.24, 2.45) is 0 Å². The Bertz CT molecular complexity index is 957. The van der Waals surface area contributed by atoms with Crippen LogP contribution < -0.4 is 5.73 Å². The number of carbonyl (C=O) groups excluding carboxylic acids is 1. The van der Waals surface area contributed by atoms with E-state index < -0.39 is 11.8 Å². The maximum atomic E-state index is 11.6. The fourth-order valence-electron chi connectivity index (χ4n) is 3.94. The molecule has 1 unspecified atom stereocenters. The maximum absolute atomic E-state index is 11.6. The van der Waals surface area contributed by atoms with Crippen molar-refractivity contribution in [1.29, 1.82) is 0 Å². The molecular formula is C19H28N6O5S. The number of nitrogen functional groups attached to an aromatic ring is 1. The summed E-state index contributed by atoms with van der Waals surface area (Å²) in [7, 11) is 1.33. The highest BCUT2D eigenvalue weighted by molar-refractivity contribution is 7.99. The smallest absolute Gasteiger partial charge is 0.331 e. The largest absolute Gasteiger partial charge is 0.467 e. The lowest BCUT2D eigenvalue weighted by molar-refractivity contribution is -0.186. The van der Waals surface area contributed by atoms with Gasteiger partial charge in [-0.3, -0.25) is 0 Å². The van der Waals surface area contributed by atoms with E-state index in [0.29, 0.717) is 35.0 Å². The summed E-state index contributed by atoms with van der Waals surface area (Å²) < 4.78 is 24.8. The summed E-state index contributed by atoms with van der Waals surface area (Å²) in [6.45, 7) is 5.83. The predicted molar refractivity (Wildman–Crippen MR) is 112 cm³/mol. The molecule has 0 spiro atoms. The van der Waals surface area contributed by atoms with E-state index in [2.05, 4.69) is 27.2 Å². The van der Waals surface area contributed by atoms with Gasteiger partial charge in [0.2, 0.25) is 0 Å². The topological polar surface area (TPSA) is 137 Å². The molecule has 31 heavy (non-hydrogen) atoms. The lowest BCUT2D eigenvalue weighted by Crippen LogP contribution is -2.33. The van der Waals surface area contributed by atoms with Crippen LogP contribution in [0.25, 0.3) is 11.2 Å². The van der Waals surface area contributed by atoms with Gasteiger partial charge in [0, 0.05) is 12.2 Å². The van der Waals surface area contributed by atoms with Crippen molar-refractivity contribution in [3.05, 3.63) is 0 Å². The number of rotatable bonds is 8. The van der Waals surface area contributed by atoms with Gasteiger partial charge in [0.25, 0.3) is 0 Å². The van der Waals surface area contributed by atoms with E-state index in [4.69, 9.17) is 24.7 Å². The summed E-state index contributed by atoms with van der Waals surface area (Å²) >= 11 is 1.54. The Morgan fingerprint density at radius 1 is 1.32 bits per heavy atom. The molecule has 0 aromatic carbocycles. The summed E-state index contributed by atoms with van der Waals surface area (Å²) in [5.41, 5.74) is 7.13. The lowest BCUT2D eigenvalue weighted by Gasteiger charge is -2.26. The first kappa shape index (κ1) is 22.2. The zero-order valence-electron chi connectivity index (χ0n) is 18.1. The van der Waals surface area contributed by atoms with Crippen LogP contribution in [-0.4, -0.2) is 74.5 Å². The summed E-state index contributed by atoms with van der Waals surface area (Å²) in [5.74, 6) is -0.00473. The Balaban J connectivity index is 1.66. The van der Waals surface area contributed by atoms with E-state index in [1.54, 1.807) is 4.68 Å². The van der Waals surface area contributed by atoms with Crippen molar-refractivity contribution in [3.8, 4) is 0 Å². The van der Waals surface area contributed by atoms with Gasteiger partial charge in [-0.15, -0.1) is 5.10 Å². The molecule has 4 rings (SSSR count). The van der Waals surface area contributed by atoms with Gasteiger partial charge < -0.3 is 24.7 Å². The van der Waals surface area contributed by atoms with E-state index >= 15 is 0 Å². The number of nitrogens with zero attached hydrogens (tertiary/aromatic N) is 5. The van der Waals surface area contributed by atoms with Crippen molar-refractivity contribution in [1.82, 2.24) is 25.0 Å². The van der Waals surface area contributed by atoms with Gasteiger partial charge in [-0.05, 0) is 19.8 Å². The standard InChI is InChI=1S/C19H28N6O5S/c1-5-7-31-18-21-16(20)13-17(22-18)25(24-23-13)10-8-11(28-9-12(26)27-4)15-14(10)29-19(3,6-2)30-15/h10-11,14-15H,5-9H2,1-4H3,(H2,20,21,22)/t10-,11+,14+,15-,19?/m1/s1. The SMILES string of the molecule is CCCSc1nc(N)c2nnn([C@@H]3C[C@H](OCC(=O)OC)[C@H]4OC(C)(CC)O[C@H]43)c2n1. The number of carbonyl (C=O) groups is 1. The summed E-state index contributed by atoms with van der Waals surface area (Å²) in [6, 6.07) is -0.246. The molecule has 1 saturated carbocycles. The van der Waals surface area contributed by atoms with Crippen LogP contribution >= 0.6 is 11.8 Å². The molecule has 1 saturated heterocycles. The van der Waals surface area contributed by atoms with Crippen molar-refractivity contribution in [2.75, 3.05) is 25.2 Å². The number of aromatic nitrogens is 5. The lowest BCUT2D eigenvalue weighted by atomic mass is 10.2. The molecule has 0 radical (unpaired) electrons. The third-order valence-electron chi connectivity index (χ3n) is 5.68. The van der Waals surface area contributed by atoms with E-state index in [1.807, 2.05) is 13.8 Å². The number of hydrogen-bond donors (Lipinski definition) is 1. The minimum absolute atomic E-state index is 0.158. The van der Waals surface area contributed by atoms with Crippen LogP contribution in [-0.2, 0) is 23.7 Å². The van der Waals surface area contributed by atoms with Crippen LogP contribution in [0.15, 0.2) is 5.16 Å². The van der Waals surface area contributed by atoms with Crippen LogP contribution in [0.2, 0.25) is 0 Å². The van der Waals surface area contributed by atoms with Gasteiger partial charge in [-0.2, -0.15) is 0 Å². The normalized spacial score (nSPS) is 30.1. The first-order chi connectivity index (χ1) is 14.9. The first-order valence-corrected chi connectivity index (χ1v) is 11.4. The molecule has 2 N–H and O–H groups in total. The zero-order chi connectivity index (χ0) is 22.2. The minimum atomic E-state index is -0.743. The Morgan fingerprint density at radius 2 is 2.10 bits per heavy atom. The monoisotopic (exact) mass is 452 g/mol. The first-order valence-electron chi connectivity index (χ1n) is 10.4. The number of nitrogens with two attached hydrogens (primary N) is 1. The molecule has 2 aliphatic rings. The Labute approximate surface area is 184 Å². The summed E-state index contributed by atoms with van der Waals surface area (Å²) in [4.78, 5) is 20.6. The molecule has 12 heteroatoms. The van der Waals surface area contributed by atoms with Gasteiger partial charge in [-0.1, -0.05) is 30.8 Å². The molecule has 2 fully saturated rings. The summed E-state index contributed by atoms with van der Waals surface area (Å²) in [5, 5.41) is 9.13. The number of hydrogen-bond acceptors (Lipinski definition) is 11. The van der Waals surface area contributed by atoms with Crippen LogP contribution in [0.5, 0.6) is 0 Å². The second kappa shape index (κ2) is 8.85. The average molecular weight is 453 g/mol. The highest BCUT2D eigenvalue weighted by atomic mass is 32.2. The number of esters is 1. The Kier molecular flexibility index (Phi) is 6.33. The number of fused-ring (bicyclic) bond motifs is 2. The average Bonchev–Trinajstić information content (AvgIpc) is 3.42. The maximum Gasteiger partial charge on any atom is 0.331 e. The van der Waals surface area contributed by atoms with Crippen molar-refractivity contribution >= 4 is 34.7 Å². The van der Waals surface area contributed by atoms with Crippen LogP contribution in [0.3, 0.4) is 0 Å². The second-order valence-corrected chi connectivity index (χ2v) is 8.89. The molecule has 170 valence electrons. The van der Waals surface area contributed by atoms with Crippen molar-refractivity contribution < 1.29 is 23.7 Å². The van der Waals surface area contributed by atoms with Gasteiger partial charge >= 0.3 is 5.97 Å². The second-order valence-electron chi connectivity index (χ2n) is 7.83. The fraction of sp³-hybridized carbons (Fsp3) is 0.737. The van der Waals surface area contributed by atoms with E-state index in [9.17, 15) is 4.79 Å². The van der Waals surface area contributed by atoms with Crippen LogP contribution in [0.4, 0.5) is 5.82 Å². The molecule has 1 aliphatic carbocycles. The third kappa shape index (κ3) is 4.21. The third-order valence-corrected chi connectivity index (χ3v) is 6.73. The fourth-order valence-corrected chi connectivity index (χ4v) is 4.64. The Morgan fingerprint density at radius 3 is 2.81 bits per heavy atom. The van der Waals surface area contributed by atoms with Crippen LogP contribution in [0, 0.1) is 0 Å². The molecule has 5 atom stereocenters. The predicted octanol–water partition coefficient (Wildman–Crippen LogP) is 1.72. The molecule has 2 aromatic rings. The van der Waals surface area contributed by atoms with Gasteiger partial charge in [0.1, 0.15) is 18.8 Å². The van der Waals surface area contributed by atoms with Gasteiger partial charge in [0.05, 0.1) is 19.3 Å². The zero-order valence-corrected chi connectivity index (χ0v) is 18.9. The quantitative estimate of drug-likeness (QED) is 0.356. The number of methoxy groups -OCH3 is 1. The van der Waals surface area contributed by atoms with Gasteiger partial charge in [-0.25, -0.2) is 19.4 Å². The number of ether oxygens (including phenoxy) is 4. The molecule has 3 heterocycles. The molecule has 11 nitrogen and oxygen atoms in total. The number of anilines is 1. The Hall–Kier alpha value is -2.02. The molecule has 0 amide bonds. The molecule has 0 bridgehead atoms. The molecule has 1 aliphatic heterocycles. The number of thioether (sulfide) groups is 1. The highest BCUT2D eigenvalue weighted by Gasteiger charge is 2.57. The molecular weight excluding hydrogens is 424 g/mol.